The van der Waals surface area contributed by atoms with Gasteiger partial charge in [0, 0.05) is 24.2 Å². The molecule has 2 saturated heterocycles. The molecule has 3 rings (SSSR count). The van der Waals surface area contributed by atoms with Crippen molar-refractivity contribution >= 4 is 6.29 Å². The quantitative estimate of drug-likeness (QED) is 0.637. The van der Waals surface area contributed by atoms with Gasteiger partial charge in [0.15, 0.2) is 0 Å². The van der Waals surface area contributed by atoms with Crippen LogP contribution in [0.1, 0.15) is 42.1 Å². The molecule has 0 bridgehead atoms. The summed E-state index contributed by atoms with van der Waals surface area (Å²) in [7, 11) is 0. The number of hydrogen-bond acceptors (Lipinski definition) is 3. The van der Waals surface area contributed by atoms with Gasteiger partial charge < -0.3 is 5.32 Å². The second-order valence-corrected chi connectivity index (χ2v) is 6.21. The normalized spacial score (nSPS) is 32.7. The molecule has 0 aliphatic carbocycles. The van der Waals surface area contributed by atoms with Crippen LogP contribution in [0.15, 0.2) is 24.3 Å². The highest BCUT2D eigenvalue weighted by atomic mass is 16.1. The molecular formula is C17H24N2O. The number of nitrogens with zero attached hydrogens (tertiary/aromatic N) is 1. The predicted octanol–water partition coefficient (Wildman–Crippen LogP) is 2.28. The number of aldehydes is 1. The SMILES string of the molecule is CCNC[C@@H]1C[C@H]([C@H](C)c2ccc(C=O)cc2)N2C[C@@H]12. The molecule has 108 valence electrons. The van der Waals surface area contributed by atoms with Crippen molar-refractivity contribution in [1.82, 2.24) is 10.2 Å². The number of rotatable bonds is 6. The summed E-state index contributed by atoms with van der Waals surface area (Å²) in [6.45, 7) is 8.00. The Bertz CT molecular complexity index is 470. The zero-order valence-corrected chi connectivity index (χ0v) is 12.4. The average Bonchev–Trinajstić information content (AvgIpc) is 3.20. The Morgan fingerprint density at radius 3 is 2.80 bits per heavy atom. The van der Waals surface area contributed by atoms with Crippen molar-refractivity contribution in [3.8, 4) is 0 Å². The van der Waals surface area contributed by atoms with Crippen molar-refractivity contribution in [2.24, 2.45) is 5.92 Å². The Hall–Kier alpha value is -1.19. The first kappa shape index (κ1) is 13.8. The molecule has 20 heavy (non-hydrogen) atoms. The van der Waals surface area contributed by atoms with Gasteiger partial charge in [-0.05, 0) is 36.9 Å². The molecule has 2 heterocycles. The lowest BCUT2D eigenvalue weighted by atomic mass is 9.88. The number of piperidine rings is 1. The highest BCUT2D eigenvalue weighted by molar-refractivity contribution is 5.74. The summed E-state index contributed by atoms with van der Waals surface area (Å²) in [5, 5.41) is 3.50. The summed E-state index contributed by atoms with van der Waals surface area (Å²) in [6.07, 6.45) is 2.21. The molecule has 1 aromatic rings. The number of fused-ring (bicyclic) bond motifs is 1. The van der Waals surface area contributed by atoms with Gasteiger partial charge in [-0.2, -0.15) is 0 Å². The number of nitrogens with one attached hydrogen (secondary N) is 1. The summed E-state index contributed by atoms with van der Waals surface area (Å²) >= 11 is 0. The van der Waals surface area contributed by atoms with E-state index in [1.54, 1.807) is 0 Å². The molecule has 0 saturated carbocycles. The maximum atomic E-state index is 10.7. The van der Waals surface area contributed by atoms with E-state index in [9.17, 15) is 4.79 Å². The van der Waals surface area contributed by atoms with Crippen molar-refractivity contribution in [3.05, 3.63) is 35.4 Å². The summed E-state index contributed by atoms with van der Waals surface area (Å²) in [6, 6.07) is 9.59. The van der Waals surface area contributed by atoms with Crippen LogP contribution >= 0.6 is 0 Å². The van der Waals surface area contributed by atoms with Crippen molar-refractivity contribution in [2.75, 3.05) is 19.6 Å². The van der Waals surface area contributed by atoms with E-state index in [1.807, 2.05) is 12.1 Å². The fourth-order valence-electron chi connectivity index (χ4n) is 3.71. The standard InChI is InChI=1S/C17H24N2O/c1-3-18-9-15-8-16(19-10-17(15)19)12(2)14-6-4-13(11-20)5-7-14/h4-7,11-12,15-18H,3,8-10H2,1-2H3/t12-,15+,16-,17+,19?/m1/s1. The number of hydrogen-bond donors (Lipinski definition) is 1. The lowest BCUT2D eigenvalue weighted by Gasteiger charge is -2.23. The number of carbonyl (C=O) groups is 1. The molecule has 2 aliphatic rings. The molecule has 0 amide bonds. The topological polar surface area (TPSA) is 32.1 Å². The van der Waals surface area contributed by atoms with Gasteiger partial charge in [-0.25, -0.2) is 0 Å². The monoisotopic (exact) mass is 272 g/mol. The molecule has 0 aromatic heterocycles. The van der Waals surface area contributed by atoms with Gasteiger partial charge in [-0.15, -0.1) is 0 Å². The van der Waals surface area contributed by atoms with Crippen molar-refractivity contribution in [3.63, 3.8) is 0 Å². The van der Waals surface area contributed by atoms with Gasteiger partial charge in [0.1, 0.15) is 6.29 Å². The van der Waals surface area contributed by atoms with Gasteiger partial charge in [0.2, 0.25) is 0 Å². The van der Waals surface area contributed by atoms with E-state index in [2.05, 4.69) is 36.2 Å². The van der Waals surface area contributed by atoms with E-state index in [0.717, 1.165) is 36.9 Å². The van der Waals surface area contributed by atoms with E-state index in [-0.39, 0.29) is 0 Å². The highest BCUT2D eigenvalue weighted by Gasteiger charge is 2.52. The molecule has 0 spiro atoms. The molecule has 3 nitrogen and oxygen atoms in total. The van der Waals surface area contributed by atoms with Crippen molar-refractivity contribution < 1.29 is 4.79 Å². The Balaban J connectivity index is 1.65. The zero-order valence-electron chi connectivity index (χ0n) is 12.4. The summed E-state index contributed by atoms with van der Waals surface area (Å²) < 4.78 is 0. The maximum absolute atomic E-state index is 10.7. The third-order valence-electron chi connectivity index (χ3n) is 5.04. The average molecular weight is 272 g/mol. The number of benzene rings is 1. The Kier molecular flexibility index (Phi) is 3.90. The van der Waals surface area contributed by atoms with Gasteiger partial charge in [0.05, 0.1) is 0 Å². The summed E-state index contributed by atoms with van der Waals surface area (Å²) in [5.41, 5.74) is 2.12. The van der Waals surface area contributed by atoms with Crippen LogP contribution in [-0.2, 0) is 0 Å². The first-order valence-corrected chi connectivity index (χ1v) is 7.76. The highest BCUT2D eigenvalue weighted by Crippen LogP contribution is 2.45. The molecule has 2 fully saturated rings. The fraction of sp³-hybridized carbons (Fsp3) is 0.588. The summed E-state index contributed by atoms with van der Waals surface area (Å²) in [5.74, 6) is 1.36. The van der Waals surface area contributed by atoms with Gasteiger partial charge >= 0.3 is 0 Å². The van der Waals surface area contributed by atoms with E-state index in [0.29, 0.717) is 12.0 Å². The molecule has 1 unspecified atom stereocenters. The van der Waals surface area contributed by atoms with Crippen molar-refractivity contribution in [1.29, 1.82) is 0 Å². The first-order chi connectivity index (χ1) is 9.74. The molecule has 3 heteroatoms. The second-order valence-electron chi connectivity index (χ2n) is 6.21. The van der Waals surface area contributed by atoms with Gasteiger partial charge in [-0.1, -0.05) is 38.1 Å². The Labute approximate surface area is 121 Å². The van der Waals surface area contributed by atoms with E-state index in [1.165, 1.54) is 18.5 Å². The van der Waals surface area contributed by atoms with Crippen LogP contribution in [-0.4, -0.2) is 42.9 Å². The molecule has 0 radical (unpaired) electrons. The minimum absolute atomic E-state index is 0.548. The first-order valence-electron chi connectivity index (χ1n) is 7.76. The van der Waals surface area contributed by atoms with Crippen LogP contribution < -0.4 is 5.32 Å². The Morgan fingerprint density at radius 1 is 1.40 bits per heavy atom. The summed E-state index contributed by atoms with van der Waals surface area (Å²) in [4.78, 5) is 13.4. The van der Waals surface area contributed by atoms with Gasteiger partial charge in [-0.3, -0.25) is 9.69 Å². The third-order valence-corrected chi connectivity index (χ3v) is 5.04. The lowest BCUT2D eigenvalue weighted by Crippen LogP contribution is -2.27. The minimum atomic E-state index is 0.548. The van der Waals surface area contributed by atoms with E-state index >= 15 is 0 Å². The van der Waals surface area contributed by atoms with Crippen LogP contribution in [0.4, 0.5) is 0 Å². The maximum Gasteiger partial charge on any atom is 0.150 e. The lowest BCUT2D eigenvalue weighted by molar-refractivity contribution is 0.112. The molecule has 1 aromatic carbocycles. The molecular weight excluding hydrogens is 248 g/mol. The predicted molar refractivity (Wildman–Crippen MR) is 81.2 cm³/mol. The van der Waals surface area contributed by atoms with Crippen LogP contribution in [0.3, 0.4) is 0 Å². The molecule has 1 N–H and O–H groups in total. The van der Waals surface area contributed by atoms with E-state index < -0.39 is 0 Å². The number of carbonyl (C=O) groups excluding carboxylic acids is 1. The second kappa shape index (κ2) is 5.66. The van der Waals surface area contributed by atoms with Gasteiger partial charge in [0.25, 0.3) is 0 Å². The molecule has 2 aliphatic heterocycles. The van der Waals surface area contributed by atoms with Crippen LogP contribution in [0.5, 0.6) is 0 Å². The fourth-order valence-corrected chi connectivity index (χ4v) is 3.71. The van der Waals surface area contributed by atoms with Crippen LogP contribution in [0.25, 0.3) is 0 Å². The van der Waals surface area contributed by atoms with Crippen LogP contribution in [0, 0.1) is 5.92 Å². The third kappa shape index (κ3) is 2.52. The largest absolute Gasteiger partial charge is 0.317 e. The molecule has 5 atom stereocenters. The van der Waals surface area contributed by atoms with Crippen LogP contribution in [0.2, 0.25) is 0 Å². The minimum Gasteiger partial charge on any atom is -0.317 e. The zero-order chi connectivity index (χ0) is 14.1. The van der Waals surface area contributed by atoms with Crippen molar-refractivity contribution in [2.45, 2.75) is 38.3 Å². The Morgan fingerprint density at radius 2 is 2.15 bits per heavy atom. The van der Waals surface area contributed by atoms with E-state index in [4.69, 9.17) is 0 Å². The smallest absolute Gasteiger partial charge is 0.150 e.